The van der Waals surface area contributed by atoms with Crippen LogP contribution in [-0.4, -0.2) is 47.0 Å². The van der Waals surface area contributed by atoms with E-state index in [0.717, 1.165) is 12.8 Å². The number of carbonyl (C=O) groups excluding carboxylic acids is 2. The molecule has 0 aromatic heterocycles. The largest absolute Gasteiger partial charge is 0.463 e. The van der Waals surface area contributed by atoms with Crippen LogP contribution >= 0.6 is 0 Å². The molecule has 0 spiro atoms. The Balaban J connectivity index is 2.62. The summed E-state index contributed by atoms with van der Waals surface area (Å²) in [5.74, 6) is -0.301. The highest BCUT2D eigenvalue weighted by Gasteiger charge is 2.51. The zero-order valence-electron chi connectivity index (χ0n) is 25.5. The quantitative estimate of drug-likeness (QED) is 0.122. The van der Waals surface area contributed by atoms with Gasteiger partial charge in [-0.15, -0.1) is 0 Å². The molecule has 0 bridgehead atoms. The SMILES string of the molecule is CCCCCCCCCCCCC/C=C/[C@H]1OC(C)(C)N(C(=O)OC(C)(C)C)[C@@H]1COC(=O)C(C)(C)C. The van der Waals surface area contributed by atoms with Crippen LogP contribution in [0.3, 0.4) is 0 Å². The normalized spacial score (nSPS) is 20.0. The van der Waals surface area contributed by atoms with Crippen LogP contribution in [0.2, 0.25) is 0 Å². The summed E-state index contributed by atoms with van der Waals surface area (Å²) >= 11 is 0. The summed E-state index contributed by atoms with van der Waals surface area (Å²) in [6.07, 6.45) is 18.9. The molecule has 216 valence electrons. The van der Waals surface area contributed by atoms with E-state index >= 15 is 0 Å². The highest BCUT2D eigenvalue weighted by atomic mass is 16.6. The minimum absolute atomic E-state index is 0.0617. The highest BCUT2D eigenvalue weighted by molar-refractivity contribution is 5.75. The molecule has 0 saturated carbocycles. The number of hydrogen-bond acceptors (Lipinski definition) is 5. The Kier molecular flexibility index (Phi) is 14.3. The maximum Gasteiger partial charge on any atom is 0.413 e. The lowest BCUT2D eigenvalue weighted by atomic mass is 9.97. The Bertz CT molecular complexity index is 701. The van der Waals surface area contributed by atoms with Crippen LogP contribution < -0.4 is 0 Å². The van der Waals surface area contributed by atoms with Crippen molar-refractivity contribution in [2.24, 2.45) is 5.41 Å². The minimum atomic E-state index is -0.882. The van der Waals surface area contributed by atoms with Crippen molar-refractivity contribution in [3.8, 4) is 0 Å². The molecule has 1 amide bonds. The van der Waals surface area contributed by atoms with Crippen LogP contribution in [0.5, 0.6) is 0 Å². The number of hydrogen-bond donors (Lipinski definition) is 0. The molecule has 37 heavy (non-hydrogen) atoms. The Hall–Kier alpha value is -1.56. The lowest BCUT2D eigenvalue weighted by molar-refractivity contribution is -0.154. The second-order valence-corrected chi connectivity index (χ2v) is 13.0. The van der Waals surface area contributed by atoms with E-state index in [1.54, 1.807) is 4.90 Å². The Morgan fingerprint density at radius 2 is 1.38 bits per heavy atom. The predicted molar refractivity (Wildman–Crippen MR) is 151 cm³/mol. The number of unbranched alkanes of at least 4 members (excludes halogenated alkanes) is 11. The van der Waals surface area contributed by atoms with Crippen LogP contribution in [0.25, 0.3) is 0 Å². The number of rotatable bonds is 15. The zero-order valence-corrected chi connectivity index (χ0v) is 25.5. The Morgan fingerprint density at radius 3 is 1.86 bits per heavy atom. The number of esters is 1. The van der Waals surface area contributed by atoms with Gasteiger partial charge < -0.3 is 14.2 Å². The lowest BCUT2D eigenvalue weighted by Crippen LogP contribution is -2.52. The fourth-order valence-electron chi connectivity index (χ4n) is 4.55. The molecular formula is C31H57NO5. The van der Waals surface area contributed by atoms with E-state index in [9.17, 15) is 9.59 Å². The molecule has 0 aromatic carbocycles. The third kappa shape index (κ3) is 13.2. The van der Waals surface area contributed by atoms with Crippen molar-refractivity contribution in [2.75, 3.05) is 6.61 Å². The average molecular weight is 524 g/mol. The van der Waals surface area contributed by atoms with Gasteiger partial charge in [0, 0.05) is 0 Å². The van der Waals surface area contributed by atoms with E-state index in [4.69, 9.17) is 14.2 Å². The smallest absolute Gasteiger partial charge is 0.413 e. The monoisotopic (exact) mass is 523 g/mol. The molecule has 0 unspecified atom stereocenters. The van der Waals surface area contributed by atoms with Gasteiger partial charge in [0.25, 0.3) is 0 Å². The van der Waals surface area contributed by atoms with Gasteiger partial charge in [-0.3, -0.25) is 9.69 Å². The van der Waals surface area contributed by atoms with Gasteiger partial charge in [0.1, 0.15) is 30.1 Å². The van der Waals surface area contributed by atoms with Crippen LogP contribution in [0.15, 0.2) is 12.2 Å². The highest BCUT2D eigenvalue weighted by Crippen LogP contribution is 2.35. The zero-order chi connectivity index (χ0) is 28.1. The molecule has 0 aromatic rings. The molecular weight excluding hydrogens is 466 g/mol. The van der Waals surface area contributed by atoms with E-state index in [2.05, 4.69) is 13.0 Å². The maximum absolute atomic E-state index is 13.1. The van der Waals surface area contributed by atoms with Crippen molar-refractivity contribution < 1.29 is 23.8 Å². The summed E-state index contributed by atoms with van der Waals surface area (Å²) in [4.78, 5) is 27.2. The molecule has 6 nitrogen and oxygen atoms in total. The van der Waals surface area contributed by atoms with E-state index < -0.39 is 28.9 Å². The maximum atomic E-state index is 13.1. The number of amides is 1. The number of ether oxygens (including phenoxy) is 3. The van der Waals surface area contributed by atoms with Crippen LogP contribution in [-0.2, 0) is 19.0 Å². The predicted octanol–water partition coefficient (Wildman–Crippen LogP) is 8.57. The van der Waals surface area contributed by atoms with E-state index in [1.807, 2.05) is 61.5 Å². The van der Waals surface area contributed by atoms with Crippen molar-refractivity contribution in [2.45, 2.75) is 163 Å². The first kappa shape index (κ1) is 33.5. The molecule has 1 rings (SSSR count). The number of carbonyl (C=O) groups is 2. The summed E-state index contributed by atoms with van der Waals surface area (Å²) in [5.41, 5.74) is -2.14. The van der Waals surface area contributed by atoms with Crippen LogP contribution in [0, 0.1) is 5.41 Å². The third-order valence-electron chi connectivity index (χ3n) is 6.60. The van der Waals surface area contributed by atoms with E-state index in [0.29, 0.717) is 0 Å². The van der Waals surface area contributed by atoms with E-state index in [1.165, 1.54) is 64.2 Å². The molecule has 1 aliphatic heterocycles. The first-order valence-electron chi connectivity index (χ1n) is 14.7. The first-order valence-corrected chi connectivity index (χ1v) is 14.7. The Morgan fingerprint density at radius 1 is 0.865 bits per heavy atom. The summed E-state index contributed by atoms with van der Waals surface area (Å²) in [6.45, 7) is 17.0. The first-order chi connectivity index (χ1) is 17.2. The standard InChI is InChI=1S/C31H57NO5/c1-10-11-12-13-14-15-16-17-18-19-20-21-22-23-26-25(24-35-27(33)29(2,3)4)32(31(8,9)36-26)28(34)37-30(5,6)7/h22-23,25-26H,10-21,24H2,1-9H3/b23-22+/t25-,26-/m1/s1. The van der Waals surface area contributed by atoms with Crippen molar-refractivity contribution in [1.82, 2.24) is 4.90 Å². The van der Waals surface area contributed by atoms with Crippen molar-refractivity contribution in [1.29, 1.82) is 0 Å². The molecule has 0 aliphatic carbocycles. The van der Waals surface area contributed by atoms with Gasteiger partial charge in [0.15, 0.2) is 0 Å². The molecule has 0 radical (unpaired) electrons. The fraction of sp³-hybridized carbons (Fsp3) is 0.871. The van der Waals surface area contributed by atoms with Gasteiger partial charge >= 0.3 is 12.1 Å². The van der Waals surface area contributed by atoms with Gasteiger partial charge in [-0.25, -0.2) is 4.79 Å². The summed E-state index contributed by atoms with van der Waals surface area (Å²) < 4.78 is 17.6. The van der Waals surface area contributed by atoms with Gasteiger partial charge in [-0.2, -0.15) is 0 Å². The van der Waals surface area contributed by atoms with Crippen LogP contribution in [0.4, 0.5) is 4.79 Å². The topological polar surface area (TPSA) is 65.1 Å². The molecule has 1 aliphatic rings. The Labute approximate surface area is 227 Å². The van der Waals surface area contributed by atoms with Gasteiger partial charge in [0.05, 0.1) is 5.41 Å². The van der Waals surface area contributed by atoms with Crippen molar-refractivity contribution >= 4 is 12.1 Å². The third-order valence-corrected chi connectivity index (χ3v) is 6.60. The molecule has 0 N–H and O–H groups in total. The molecule has 1 fully saturated rings. The fourth-order valence-corrected chi connectivity index (χ4v) is 4.55. The van der Waals surface area contributed by atoms with Crippen molar-refractivity contribution in [3.05, 3.63) is 12.2 Å². The van der Waals surface area contributed by atoms with Crippen LogP contribution in [0.1, 0.15) is 139 Å². The second-order valence-electron chi connectivity index (χ2n) is 13.0. The number of nitrogens with zero attached hydrogens (tertiary/aromatic N) is 1. The number of allylic oxidation sites excluding steroid dienone is 1. The molecule has 1 heterocycles. The average Bonchev–Trinajstić information content (AvgIpc) is 3.02. The summed E-state index contributed by atoms with van der Waals surface area (Å²) in [6, 6.07) is -0.454. The van der Waals surface area contributed by atoms with Crippen molar-refractivity contribution in [3.63, 3.8) is 0 Å². The van der Waals surface area contributed by atoms with Gasteiger partial charge in [0.2, 0.25) is 0 Å². The second kappa shape index (κ2) is 15.8. The molecule has 6 heteroatoms. The van der Waals surface area contributed by atoms with Gasteiger partial charge in [-0.1, -0.05) is 83.3 Å². The molecule has 2 atom stereocenters. The minimum Gasteiger partial charge on any atom is -0.463 e. The summed E-state index contributed by atoms with van der Waals surface area (Å²) in [5, 5.41) is 0. The lowest BCUT2D eigenvalue weighted by Gasteiger charge is -2.35. The molecule has 1 saturated heterocycles. The van der Waals surface area contributed by atoms with Gasteiger partial charge in [-0.05, 0) is 68.2 Å². The summed E-state index contributed by atoms with van der Waals surface area (Å²) in [7, 11) is 0. The van der Waals surface area contributed by atoms with E-state index in [-0.39, 0.29) is 18.7 Å².